The van der Waals surface area contributed by atoms with E-state index < -0.39 is 0 Å². The Morgan fingerprint density at radius 1 is 1.28 bits per heavy atom. The highest BCUT2D eigenvalue weighted by molar-refractivity contribution is 5.74. The quantitative estimate of drug-likeness (QED) is 0.766. The Labute approximate surface area is 111 Å². The molecular formula is C14H29N3O. The minimum Gasteiger partial charge on any atom is -0.335 e. The van der Waals surface area contributed by atoms with Crippen LogP contribution in [0, 0.1) is 0 Å². The van der Waals surface area contributed by atoms with Crippen LogP contribution >= 0.6 is 0 Å². The predicted octanol–water partition coefficient (Wildman–Crippen LogP) is 2.48. The van der Waals surface area contributed by atoms with Crippen molar-refractivity contribution in [2.45, 2.75) is 70.9 Å². The smallest absolute Gasteiger partial charge is 0.317 e. The minimum atomic E-state index is 0.0843. The highest BCUT2D eigenvalue weighted by Crippen LogP contribution is 2.22. The third-order valence-corrected chi connectivity index (χ3v) is 3.96. The second-order valence-corrected chi connectivity index (χ2v) is 5.24. The zero-order valence-electron chi connectivity index (χ0n) is 12.0. The van der Waals surface area contributed by atoms with Crippen LogP contribution in [0.15, 0.2) is 0 Å². The van der Waals surface area contributed by atoms with Gasteiger partial charge in [-0.1, -0.05) is 33.1 Å². The molecule has 0 atom stereocenters. The first kappa shape index (κ1) is 15.3. The van der Waals surface area contributed by atoms with Crippen molar-refractivity contribution < 1.29 is 4.79 Å². The van der Waals surface area contributed by atoms with E-state index in [0.717, 1.165) is 25.7 Å². The van der Waals surface area contributed by atoms with Crippen LogP contribution in [0.25, 0.3) is 0 Å². The molecule has 106 valence electrons. The number of rotatable bonds is 6. The third kappa shape index (κ3) is 4.48. The Kier molecular flexibility index (Phi) is 7.09. The van der Waals surface area contributed by atoms with E-state index >= 15 is 0 Å². The van der Waals surface area contributed by atoms with Crippen LogP contribution in [0.2, 0.25) is 0 Å². The molecule has 0 spiro atoms. The van der Waals surface area contributed by atoms with Gasteiger partial charge in [-0.15, -0.1) is 0 Å². The first-order valence-corrected chi connectivity index (χ1v) is 7.50. The normalized spacial score (nSPS) is 16.9. The lowest BCUT2D eigenvalue weighted by Gasteiger charge is -2.35. The number of carbonyl (C=O) groups is 1. The number of urea groups is 1. The fraction of sp³-hybridized carbons (Fsp3) is 0.929. The van der Waals surface area contributed by atoms with Crippen LogP contribution in [-0.4, -0.2) is 36.1 Å². The lowest BCUT2D eigenvalue weighted by molar-refractivity contribution is 0.154. The molecule has 1 rings (SSSR count). The van der Waals surface area contributed by atoms with Gasteiger partial charge >= 0.3 is 6.03 Å². The summed E-state index contributed by atoms with van der Waals surface area (Å²) >= 11 is 0. The molecule has 0 aliphatic heterocycles. The molecule has 0 aromatic heterocycles. The van der Waals surface area contributed by atoms with Crippen molar-refractivity contribution in [3.05, 3.63) is 0 Å². The summed E-state index contributed by atoms with van der Waals surface area (Å²) in [5.41, 5.74) is 5.65. The van der Waals surface area contributed by atoms with Gasteiger partial charge in [-0.3, -0.25) is 0 Å². The summed E-state index contributed by atoms with van der Waals surface area (Å²) in [5, 5.41) is 3.13. The molecule has 1 aliphatic carbocycles. The first-order valence-electron chi connectivity index (χ1n) is 7.50. The number of nitrogens with one attached hydrogen (secondary N) is 1. The molecule has 0 aromatic carbocycles. The van der Waals surface area contributed by atoms with E-state index in [1.807, 2.05) is 4.90 Å². The van der Waals surface area contributed by atoms with Gasteiger partial charge in [0.2, 0.25) is 0 Å². The number of nitrogens with zero attached hydrogens (tertiary/aromatic N) is 1. The standard InChI is InChI=1S/C14H29N3O/c1-3-12(4-2)16-14(18)17(11-10-15)13-8-6-5-7-9-13/h12-13H,3-11,15H2,1-2H3,(H,16,18). The largest absolute Gasteiger partial charge is 0.335 e. The van der Waals surface area contributed by atoms with Crippen LogP contribution in [0.3, 0.4) is 0 Å². The summed E-state index contributed by atoms with van der Waals surface area (Å²) in [6, 6.07) is 0.777. The minimum absolute atomic E-state index is 0.0843. The van der Waals surface area contributed by atoms with Crippen molar-refractivity contribution >= 4 is 6.03 Å². The van der Waals surface area contributed by atoms with E-state index in [0.29, 0.717) is 25.2 Å². The maximum Gasteiger partial charge on any atom is 0.317 e. The number of carbonyl (C=O) groups excluding carboxylic acids is 1. The van der Waals surface area contributed by atoms with Gasteiger partial charge in [0.1, 0.15) is 0 Å². The molecule has 1 saturated carbocycles. The van der Waals surface area contributed by atoms with Crippen molar-refractivity contribution in [3.8, 4) is 0 Å². The van der Waals surface area contributed by atoms with Crippen molar-refractivity contribution in [3.63, 3.8) is 0 Å². The Bertz CT molecular complexity index is 235. The molecule has 0 heterocycles. The summed E-state index contributed by atoms with van der Waals surface area (Å²) < 4.78 is 0. The highest BCUT2D eigenvalue weighted by atomic mass is 16.2. The zero-order chi connectivity index (χ0) is 13.4. The summed E-state index contributed by atoms with van der Waals surface area (Å²) in [4.78, 5) is 14.3. The molecule has 18 heavy (non-hydrogen) atoms. The molecule has 0 saturated heterocycles. The van der Waals surface area contributed by atoms with Gasteiger partial charge in [-0.05, 0) is 25.7 Å². The van der Waals surface area contributed by atoms with E-state index in [1.54, 1.807) is 0 Å². The maximum atomic E-state index is 12.3. The van der Waals surface area contributed by atoms with Crippen LogP contribution in [0.5, 0.6) is 0 Å². The monoisotopic (exact) mass is 255 g/mol. The fourth-order valence-electron chi connectivity index (χ4n) is 2.73. The van der Waals surface area contributed by atoms with Crippen molar-refractivity contribution in [2.75, 3.05) is 13.1 Å². The Hall–Kier alpha value is -0.770. The molecule has 1 aliphatic rings. The molecule has 0 unspecified atom stereocenters. The second-order valence-electron chi connectivity index (χ2n) is 5.24. The average molecular weight is 255 g/mol. The number of amides is 2. The van der Waals surface area contributed by atoms with Gasteiger partial charge in [-0.25, -0.2) is 4.79 Å². The average Bonchev–Trinajstić information content (AvgIpc) is 2.42. The fourth-order valence-corrected chi connectivity index (χ4v) is 2.73. The van der Waals surface area contributed by atoms with E-state index in [9.17, 15) is 4.79 Å². The van der Waals surface area contributed by atoms with E-state index in [2.05, 4.69) is 19.2 Å². The van der Waals surface area contributed by atoms with Gasteiger partial charge in [0.25, 0.3) is 0 Å². The van der Waals surface area contributed by atoms with Gasteiger partial charge in [-0.2, -0.15) is 0 Å². The number of hydrogen-bond acceptors (Lipinski definition) is 2. The SMILES string of the molecule is CCC(CC)NC(=O)N(CCN)C1CCCCC1. The number of nitrogens with two attached hydrogens (primary N) is 1. The van der Waals surface area contributed by atoms with Crippen LogP contribution < -0.4 is 11.1 Å². The van der Waals surface area contributed by atoms with Crippen LogP contribution in [-0.2, 0) is 0 Å². The molecule has 4 nitrogen and oxygen atoms in total. The van der Waals surface area contributed by atoms with Crippen molar-refractivity contribution in [1.29, 1.82) is 0 Å². The van der Waals surface area contributed by atoms with Gasteiger partial charge in [0.05, 0.1) is 0 Å². The van der Waals surface area contributed by atoms with E-state index in [4.69, 9.17) is 5.73 Å². The molecule has 0 radical (unpaired) electrons. The predicted molar refractivity (Wildman–Crippen MR) is 75.5 cm³/mol. The molecule has 4 heteroatoms. The van der Waals surface area contributed by atoms with Crippen molar-refractivity contribution in [2.24, 2.45) is 5.73 Å². The lowest BCUT2D eigenvalue weighted by atomic mass is 9.94. The summed E-state index contributed by atoms with van der Waals surface area (Å²) in [6.07, 6.45) is 8.04. The molecule has 3 N–H and O–H groups in total. The molecule has 0 bridgehead atoms. The van der Waals surface area contributed by atoms with E-state index in [1.165, 1.54) is 19.3 Å². The molecular weight excluding hydrogens is 226 g/mol. The number of hydrogen-bond donors (Lipinski definition) is 2. The second kappa shape index (κ2) is 8.35. The molecule has 0 aromatic rings. The lowest BCUT2D eigenvalue weighted by Crippen LogP contribution is -2.51. The Morgan fingerprint density at radius 2 is 1.89 bits per heavy atom. The maximum absolute atomic E-state index is 12.3. The summed E-state index contributed by atoms with van der Waals surface area (Å²) in [7, 11) is 0. The first-order chi connectivity index (χ1) is 8.72. The van der Waals surface area contributed by atoms with E-state index in [-0.39, 0.29) is 6.03 Å². The third-order valence-electron chi connectivity index (χ3n) is 3.96. The summed E-state index contributed by atoms with van der Waals surface area (Å²) in [5.74, 6) is 0. The molecule has 1 fully saturated rings. The van der Waals surface area contributed by atoms with Crippen LogP contribution in [0.1, 0.15) is 58.8 Å². The van der Waals surface area contributed by atoms with Crippen LogP contribution in [0.4, 0.5) is 4.79 Å². The Balaban J connectivity index is 2.55. The van der Waals surface area contributed by atoms with Gasteiger partial charge < -0.3 is 16.0 Å². The van der Waals surface area contributed by atoms with Gasteiger partial charge in [0, 0.05) is 25.2 Å². The summed E-state index contributed by atoms with van der Waals surface area (Å²) in [6.45, 7) is 5.45. The van der Waals surface area contributed by atoms with Gasteiger partial charge in [0.15, 0.2) is 0 Å². The zero-order valence-corrected chi connectivity index (χ0v) is 12.0. The van der Waals surface area contributed by atoms with Crippen molar-refractivity contribution in [1.82, 2.24) is 10.2 Å². The Morgan fingerprint density at radius 3 is 2.39 bits per heavy atom. The topological polar surface area (TPSA) is 58.4 Å². The molecule has 2 amide bonds. The highest BCUT2D eigenvalue weighted by Gasteiger charge is 2.25.